The lowest BCUT2D eigenvalue weighted by molar-refractivity contribution is -0.394. The van der Waals surface area contributed by atoms with E-state index in [0.29, 0.717) is 0 Å². The van der Waals surface area contributed by atoms with Crippen LogP contribution in [0.25, 0.3) is 0 Å². The minimum atomic E-state index is 1.05. The predicted molar refractivity (Wildman–Crippen MR) is 81.2 cm³/mol. The van der Waals surface area contributed by atoms with Gasteiger partial charge in [0.15, 0.2) is 0 Å². The van der Waals surface area contributed by atoms with Gasteiger partial charge in [-0.15, -0.1) is 0 Å². The summed E-state index contributed by atoms with van der Waals surface area (Å²) in [6.07, 6.45) is 12.9. The van der Waals surface area contributed by atoms with Crippen molar-refractivity contribution in [2.45, 2.75) is 32.1 Å². The maximum atomic E-state index is 2.55. The molecule has 0 spiro atoms. The average molecular weight is 261 g/mol. The van der Waals surface area contributed by atoms with E-state index in [1.165, 1.54) is 48.5 Å². The SMILES string of the molecule is C1=CCC2=[N+]3C4=C(CCCC4)N(C2=C1)c1ccccc13. The third-order valence-electron chi connectivity index (χ3n) is 4.82. The lowest BCUT2D eigenvalue weighted by atomic mass is 9.90. The highest BCUT2D eigenvalue weighted by Crippen LogP contribution is 2.49. The number of nitrogens with zero attached hydrogens (tertiary/aromatic N) is 2. The van der Waals surface area contributed by atoms with E-state index in [1.807, 2.05) is 0 Å². The van der Waals surface area contributed by atoms with Gasteiger partial charge in [-0.25, -0.2) is 0 Å². The summed E-state index contributed by atoms with van der Waals surface area (Å²) in [7, 11) is 0. The molecule has 6 rings (SSSR count). The number of anilines is 1. The van der Waals surface area contributed by atoms with Gasteiger partial charge in [0.2, 0.25) is 17.1 Å². The van der Waals surface area contributed by atoms with Crippen LogP contribution in [0.4, 0.5) is 11.4 Å². The minimum Gasteiger partial charge on any atom is -0.297 e. The Balaban J connectivity index is 1.88. The molecule has 0 N–H and O–H groups in total. The summed E-state index contributed by atoms with van der Waals surface area (Å²) < 4.78 is 2.55. The van der Waals surface area contributed by atoms with Crippen molar-refractivity contribution in [2.75, 3.05) is 4.90 Å². The molecule has 0 saturated heterocycles. The molecule has 1 aromatic carbocycles. The van der Waals surface area contributed by atoms with E-state index in [1.54, 1.807) is 11.4 Å². The van der Waals surface area contributed by atoms with Crippen molar-refractivity contribution in [3.05, 3.63) is 59.6 Å². The molecule has 3 heterocycles. The van der Waals surface area contributed by atoms with Gasteiger partial charge in [-0.3, -0.25) is 4.90 Å². The number of hydrogen-bond donors (Lipinski definition) is 0. The molecule has 0 atom stereocenters. The van der Waals surface area contributed by atoms with E-state index in [2.05, 4.69) is 52.0 Å². The Hall–Kier alpha value is -2.09. The smallest absolute Gasteiger partial charge is 0.235 e. The van der Waals surface area contributed by atoms with Crippen LogP contribution in [0.1, 0.15) is 32.1 Å². The van der Waals surface area contributed by atoms with Crippen LogP contribution in [0, 0.1) is 0 Å². The van der Waals surface area contributed by atoms with Gasteiger partial charge in [0.25, 0.3) is 0 Å². The summed E-state index contributed by atoms with van der Waals surface area (Å²) in [6, 6.07) is 8.84. The highest BCUT2D eigenvalue weighted by molar-refractivity contribution is 6.07. The number of para-hydroxylation sites is 2. The second kappa shape index (κ2) is 3.72. The van der Waals surface area contributed by atoms with E-state index in [0.717, 1.165) is 6.42 Å². The second-order valence-corrected chi connectivity index (χ2v) is 5.89. The fourth-order valence-electron chi connectivity index (χ4n) is 4.02. The van der Waals surface area contributed by atoms with Crippen molar-refractivity contribution in [3.63, 3.8) is 0 Å². The maximum Gasteiger partial charge on any atom is 0.235 e. The number of benzene rings is 1. The van der Waals surface area contributed by atoms with Gasteiger partial charge in [0.1, 0.15) is 11.4 Å². The fourth-order valence-corrected chi connectivity index (χ4v) is 4.02. The summed E-state index contributed by atoms with van der Waals surface area (Å²) in [4.78, 5) is 2.53. The van der Waals surface area contributed by atoms with E-state index >= 15 is 0 Å². The molecule has 2 aliphatic carbocycles. The first-order chi connectivity index (χ1) is 9.95. The van der Waals surface area contributed by atoms with Crippen molar-refractivity contribution in [1.82, 2.24) is 0 Å². The standard InChI is InChI=1S/C18H17N2/c1-2-8-14-13(7-1)19-15-9-3-5-11-17(15)20(14)18-12-6-4-10-16(18)19/h1-3,5,7-9H,4,6,10-12H2/q+1. The lowest BCUT2D eigenvalue weighted by Gasteiger charge is -2.40. The highest BCUT2D eigenvalue weighted by atomic mass is 15.3. The van der Waals surface area contributed by atoms with Gasteiger partial charge in [0, 0.05) is 12.5 Å². The molecule has 2 bridgehead atoms. The normalized spacial score (nSPS) is 22.6. The molecular weight excluding hydrogens is 244 g/mol. The molecule has 0 saturated carbocycles. The Morgan fingerprint density at radius 2 is 1.95 bits per heavy atom. The summed E-state index contributed by atoms with van der Waals surface area (Å²) in [6.45, 7) is 0. The van der Waals surface area contributed by atoms with Gasteiger partial charge < -0.3 is 0 Å². The first-order valence-corrected chi connectivity index (χ1v) is 7.59. The Morgan fingerprint density at radius 1 is 1.05 bits per heavy atom. The Bertz CT molecular complexity index is 746. The molecule has 3 aliphatic heterocycles. The van der Waals surface area contributed by atoms with Crippen LogP contribution in [-0.4, -0.2) is 10.3 Å². The third-order valence-corrected chi connectivity index (χ3v) is 4.82. The minimum absolute atomic E-state index is 1.05. The van der Waals surface area contributed by atoms with Crippen LogP contribution in [-0.2, 0) is 0 Å². The van der Waals surface area contributed by atoms with Crippen LogP contribution in [0.15, 0.2) is 59.6 Å². The first kappa shape index (κ1) is 10.7. The van der Waals surface area contributed by atoms with Crippen molar-refractivity contribution in [1.29, 1.82) is 0 Å². The lowest BCUT2D eigenvalue weighted by Crippen LogP contribution is -2.43. The largest absolute Gasteiger partial charge is 0.297 e. The Labute approximate surface area is 119 Å². The maximum absolute atomic E-state index is 2.55. The van der Waals surface area contributed by atoms with Crippen molar-refractivity contribution < 1.29 is 4.58 Å². The monoisotopic (exact) mass is 261 g/mol. The molecule has 2 heteroatoms. The molecule has 1 aromatic rings. The van der Waals surface area contributed by atoms with E-state index in [4.69, 9.17) is 0 Å². The molecule has 0 fully saturated rings. The van der Waals surface area contributed by atoms with Gasteiger partial charge in [-0.05, 0) is 31.4 Å². The third kappa shape index (κ3) is 1.17. The molecular formula is C18H17N2+. The zero-order valence-electron chi connectivity index (χ0n) is 11.5. The van der Waals surface area contributed by atoms with E-state index < -0.39 is 0 Å². The van der Waals surface area contributed by atoms with Crippen LogP contribution in [0.3, 0.4) is 0 Å². The molecule has 0 amide bonds. The molecule has 2 nitrogen and oxygen atoms in total. The molecule has 98 valence electrons. The quantitative estimate of drug-likeness (QED) is 0.633. The second-order valence-electron chi connectivity index (χ2n) is 5.89. The van der Waals surface area contributed by atoms with Crippen LogP contribution >= 0.6 is 0 Å². The molecule has 0 radical (unpaired) electrons. The molecule has 20 heavy (non-hydrogen) atoms. The van der Waals surface area contributed by atoms with Crippen LogP contribution < -0.4 is 4.90 Å². The van der Waals surface area contributed by atoms with Crippen molar-refractivity contribution in [3.8, 4) is 0 Å². The summed E-state index contributed by atoms with van der Waals surface area (Å²) in [5, 5.41) is 0. The predicted octanol–water partition coefficient (Wildman–Crippen LogP) is 4.23. The van der Waals surface area contributed by atoms with Crippen LogP contribution in [0.5, 0.6) is 0 Å². The number of rotatable bonds is 0. The van der Waals surface area contributed by atoms with E-state index in [-0.39, 0.29) is 0 Å². The average Bonchev–Trinajstić information content (AvgIpc) is 2.54. The van der Waals surface area contributed by atoms with Crippen molar-refractivity contribution >= 4 is 17.1 Å². The number of hydrogen-bond acceptors (Lipinski definition) is 1. The zero-order valence-corrected chi connectivity index (χ0v) is 11.5. The van der Waals surface area contributed by atoms with Gasteiger partial charge in [0.05, 0.1) is 12.1 Å². The molecule has 0 unspecified atom stereocenters. The molecule has 0 aromatic heterocycles. The zero-order chi connectivity index (χ0) is 13.1. The Morgan fingerprint density at radius 3 is 2.95 bits per heavy atom. The summed E-state index contributed by atoms with van der Waals surface area (Å²) >= 11 is 0. The Kier molecular flexibility index (Phi) is 1.99. The number of allylic oxidation sites excluding steroid dienone is 6. The van der Waals surface area contributed by atoms with Crippen LogP contribution in [0.2, 0.25) is 0 Å². The first-order valence-electron chi connectivity index (χ1n) is 7.59. The summed E-state index contributed by atoms with van der Waals surface area (Å²) in [5.41, 5.74) is 8.69. The summed E-state index contributed by atoms with van der Waals surface area (Å²) in [5.74, 6) is 0. The van der Waals surface area contributed by atoms with Crippen molar-refractivity contribution in [2.24, 2.45) is 0 Å². The van der Waals surface area contributed by atoms with E-state index in [9.17, 15) is 0 Å². The van der Waals surface area contributed by atoms with Gasteiger partial charge in [-0.2, -0.15) is 4.58 Å². The highest BCUT2D eigenvalue weighted by Gasteiger charge is 2.46. The molecule has 5 aliphatic rings. The van der Waals surface area contributed by atoms with Gasteiger partial charge in [-0.1, -0.05) is 24.3 Å². The fraction of sp³-hybridized carbons (Fsp3) is 0.278. The van der Waals surface area contributed by atoms with Gasteiger partial charge >= 0.3 is 0 Å². The topological polar surface area (TPSA) is 6.25 Å².